The van der Waals surface area contributed by atoms with Crippen LogP contribution in [0.1, 0.15) is 58.9 Å². The van der Waals surface area contributed by atoms with Crippen LogP contribution in [-0.2, 0) is 9.53 Å². The summed E-state index contributed by atoms with van der Waals surface area (Å²) in [6.07, 6.45) is 5.43. The Morgan fingerprint density at radius 3 is 2.49 bits per heavy atom. The normalized spacial score (nSPS) is 17.7. The first-order valence-electron chi connectivity index (χ1n) is 13.2. The standard InChI is InChI=1S/C30H31FN4O4/c1-30(2,3)39-26(36)15-19-10-12-22(13-11-19)35-28(37)24-17-21(31)18-33-27(24)34(29(35)38)23-8-6-7-20(16-23)25-9-4-5-14-32-25/h4-9,14,16-19,22H,10-13,15H2,1-3H3. The van der Waals surface area contributed by atoms with Crippen molar-refractivity contribution in [3.63, 3.8) is 0 Å². The van der Waals surface area contributed by atoms with Crippen LogP contribution < -0.4 is 11.2 Å². The van der Waals surface area contributed by atoms with Crippen molar-refractivity contribution in [2.24, 2.45) is 5.92 Å². The number of hydrogen-bond acceptors (Lipinski definition) is 6. The molecule has 0 amide bonds. The fraction of sp³-hybridized carbons (Fsp3) is 0.367. The lowest BCUT2D eigenvalue weighted by molar-refractivity contribution is -0.156. The Balaban J connectivity index is 1.53. The highest BCUT2D eigenvalue weighted by atomic mass is 19.1. The molecule has 3 aromatic heterocycles. The highest BCUT2D eigenvalue weighted by Crippen LogP contribution is 2.33. The second kappa shape index (κ2) is 10.6. The maximum atomic E-state index is 14.3. The third kappa shape index (κ3) is 5.67. The fourth-order valence-corrected chi connectivity index (χ4v) is 5.30. The third-order valence-electron chi connectivity index (χ3n) is 7.01. The monoisotopic (exact) mass is 530 g/mol. The van der Waals surface area contributed by atoms with Gasteiger partial charge in [-0.05, 0) is 82.7 Å². The molecule has 5 rings (SSSR count). The van der Waals surface area contributed by atoms with E-state index in [1.54, 1.807) is 24.4 Å². The average Bonchev–Trinajstić information content (AvgIpc) is 2.90. The number of halogens is 1. The number of aromatic nitrogens is 4. The summed E-state index contributed by atoms with van der Waals surface area (Å²) in [5.74, 6) is -0.784. The summed E-state index contributed by atoms with van der Waals surface area (Å²) in [7, 11) is 0. The molecule has 1 aliphatic carbocycles. The molecule has 0 atom stereocenters. The van der Waals surface area contributed by atoms with E-state index < -0.39 is 22.7 Å². The van der Waals surface area contributed by atoms with E-state index in [0.717, 1.165) is 23.5 Å². The highest BCUT2D eigenvalue weighted by Gasteiger charge is 2.29. The van der Waals surface area contributed by atoms with E-state index in [2.05, 4.69) is 9.97 Å². The molecule has 202 valence electrons. The Bertz CT molecular complexity index is 1630. The molecule has 0 N–H and O–H groups in total. The van der Waals surface area contributed by atoms with Gasteiger partial charge in [-0.15, -0.1) is 0 Å². The van der Waals surface area contributed by atoms with Crippen LogP contribution in [0.5, 0.6) is 0 Å². The fourth-order valence-electron chi connectivity index (χ4n) is 5.30. The van der Waals surface area contributed by atoms with Crippen molar-refractivity contribution >= 4 is 17.0 Å². The second-order valence-corrected chi connectivity index (χ2v) is 11.0. The molecular formula is C30H31FN4O4. The molecule has 0 radical (unpaired) electrons. The molecule has 8 nitrogen and oxygen atoms in total. The quantitative estimate of drug-likeness (QED) is 0.329. The maximum absolute atomic E-state index is 14.3. The summed E-state index contributed by atoms with van der Waals surface area (Å²) >= 11 is 0. The molecule has 0 spiro atoms. The Morgan fingerprint density at radius 1 is 1.03 bits per heavy atom. The maximum Gasteiger partial charge on any atom is 0.337 e. The number of fused-ring (bicyclic) bond motifs is 1. The Labute approximate surface area is 225 Å². The van der Waals surface area contributed by atoms with Crippen LogP contribution in [-0.4, -0.2) is 30.7 Å². The van der Waals surface area contributed by atoms with Gasteiger partial charge in [-0.25, -0.2) is 18.7 Å². The van der Waals surface area contributed by atoms with Gasteiger partial charge in [-0.2, -0.15) is 0 Å². The van der Waals surface area contributed by atoms with Gasteiger partial charge in [0.15, 0.2) is 5.65 Å². The number of ether oxygens (including phenoxy) is 1. The lowest BCUT2D eigenvalue weighted by atomic mass is 9.84. The van der Waals surface area contributed by atoms with Crippen molar-refractivity contribution < 1.29 is 13.9 Å². The number of pyridine rings is 2. The highest BCUT2D eigenvalue weighted by molar-refractivity contribution is 5.76. The largest absolute Gasteiger partial charge is 0.460 e. The number of hydrogen-bond donors (Lipinski definition) is 0. The second-order valence-electron chi connectivity index (χ2n) is 11.0. The summed E-state index contributed by atoms with van der Waals surface area (Å²) < 4.78 is 22.3. The molecule has 1 saturated carbocycles. The number of carbonyl (C=O) groups excluding carboxylic acids is 1. The van der Waals surface area contributed by atoms with Crippen LogP contribution in [0.25, 0.3) is 28.0 Å². The van der Waals surface area contributed by atoms with Gasteiger partial charge in [0.05, 0.1) is 23.0 Å². The molecule has 1 aliphatic rings. The molecule has 3 heterocycles. The first-order valence-corrected chi connectivity index (χ1v) is 13.2. The van der Waals surface area contributed by atoms with E-state index in [1.807, 2.05) is 45.0 Å². The summed E-state index contributed by atoms with van der Waals surface area (Å²) in [6.45, 7) is 5.51. The van der Waals surface area contributed by atoms with Gasteiger partial charge in [0, 0.05) is 24.2 Å². The van der Waals surface area contributed by atoms with Crippen molar-refractivity contribution in [3.8, 4) is 16.9 Å². The van der Waals surface area contributed by atoms with Crippen molar-refractivity contribution in [2.75, 3.05) is 0 Å². The first kappa shape index (κ1) is 26.5. The summed E-state index contributed by atoms with van der Waals surface area (Å²) in [5, 5.41) is 0.0358. The van der Waals surface area contributed by atoms with E-state index in [0.29, 0.717) is 37.8 Å². The minimum Gasteiger partial charge on any atom is -0.460 e. The summed E-state index contributed by atoms with van der Waals surface area (Å²) in [5.41, 5.74) is 0.478. The van der Waals surface area contributed by atoms with Crippen LogP contribution in [0.3, 0.4) is 0 Å². The van der Waals surface area contributed by atoms with Gasteiger partial charge in [0.1, 0.15) is 11.4 Å². The molecule has 0 aliphatic heterocycles. The number of benzene rings is 1. The minimum absolute atomic E-state index is 0.0358. The smallest absolute Gasteiger partial charge is 0.337 e. The average molecular weight is 531 g/mol. The van der Waals surface area contributed by atoms with Crippen molar-refractivity contribution in [3.05, 3.63) is 87.6 Å². The Hall–Kier alpha value is -4.14. The number of esters is 1. The summed E-state index contributed by atoms with van der Waals surface area (Å²) in [4.78, 5) is 48.4. The predicted octanol–water partition coefficient (Wildman–Crippen LogP) is 5.21. The molecule has 0 unspecified atom stereocenters. The zero-order valence-electron chi connectivity index (χ0n) is 22.3. The molecule has 39 heavy (non-hydrogen) atoms. The summed E-state index contributed by atoms with van der Waals surface area (Å²) in [6, 6.07) is 13.6. The lowest BCUT2D eigenvalue weighted by Crippen LogP contribution is -2.43. The van der Waals surface area contributed by atoms with E-state index >= 15 is 0 Å². The van der Waals surface area contributed by atoms with Crippen LogP contribution >= 0.6 is 0 Å². The van der Waals surface area contributed by atoms with Gasteiger partial charge in [-0.3, -0.25) is 19.1 Å². The van der Waals surface area contributed by atoms with E-state index in [-0.39, 0.29) is 29.0 Å². The number of nitrogens with zero attached hydrogens (tertiary/aromatic N) is 4. The van der Waals surface area contributed by atoms with Crippen LogP contribution in [0, 0.1) is 11.7 Å². The van der Waals surface area contributed by atoms with Gasteiger partial charge in [0.25, 0.3) is 5.56 Å². The van der Waals surface area contributed by atoms with E-state index in [1.165, 1.54) is 9.13 Å². The number of rotatable bonds is 5. The van der Waals surface area contributed by atoms with Crippen molar-refractivity contribution in [1.82, 2.24) is 19.1 Å². The molecule has 9 heteroatoms. The Kier molecular flexibility index (Phi) is 7.16. The third-order valence-corrected chi connectivity index (χ3v) is 7.01. The molecule has 0 bridgehead atoms. The molecule has 1 fully saturated rings. The zero-order valence-corrected chi connectivity index (χ0v) is 22.3. The van der Waals surface area contributed by atoms with Crippen LogP contribution in [0.15, 0.2) is 70.5 Å². The SMILES string of the molecule is CC(C)(C)OC(=O)CC1CCC(n2c(=O)c3cc(F)cnc3n(-c3cccc(-c4ccccn4)c3)c2=O)CC1. The first-order chi connectivity index (χ1) is 18.6. The van der Waals surface area contributed by atoms with Crippen LogP contribution in [0.2, 0.25) is 0 Å². The van der Waals surface area contributed by atoms with Gasteiger partial charge >= 0.3 is 11.7 Å². The minimum atomic E-state index is -0.653. The predicted molar refractivity (Wildman–Crippen MR) is 146 cm³/mol. The lowest BCUT2D eigenvalue weighted by Gasteiger charge is -2.30. The topological polar surface area (TPSA) is 96.1 Å². The number of carbonyl (C=O) groups is 1. The van der Waals surface area contributed by atoms with E-state index in [4.69, 9.17) is 4.74 Å². The van der Waals surface area contributed by atoms with E-state index in [9.17, 15) is 18.8 Å². The van der Waals surface area contributed by atoms with Gasteiger partial charge in [-0.1, -0.05) is 18.2 Å². The van der Waals surface area contributed by atoms with Crippen molar-refractivity contribution in [2.45, 2.75) is 64.5 Å². The Morgan fingerprint density at radius 2 is 1.79 bits per heavy atom. The van der Waals surface area contributed by atoms with Crippen molar-refractivity contribution in [1.29, 1.82) is 0 Å². The van der Waals surface area contributed by atoms with Gasteiger partial charge < -0.3 is 4.74 Å². The molecular weight excluding hydrogens is 499 g/mol. The molecule has 4 aromatic rings. The zero-order chi connectivity index (χ0) is 27.7. The molecule has 1 aromatic carbocycles. The van der Waals surface area contributed by atoms with Gasteiger partial charge in [0.2, 0.25) is 0 Å². The molecule has 0 saturated heterocycles. The van der Waals surface area contributed by atoms with Crippen LogP contribution in [0.4, 0.5) is 4.39 Å².